The fourth-order valence-corrected chi connectivity index (χ4v) is 2.66. The molecular weight excluding hydrogens is 284 g/mol. The lowest BCUT2D eigenvalue weighted by molar-refractivity contribution is -0.123. The van der Waals surface area contributed by atoms with E-state index < -0.39 is 0 Å². The first-order valence-corrected chi connectivity index (χ1v) is 7.71. The smallest absolute Gasteiger partial charge is 0.234 e. The van der Waals surface area contributed by atoms with E-state index in [4.69, 9.17) is 14.2 Å². The van der Waals surface area contributed by atoms with Crippen molar-refractivity contribution in [3.05, 3.63) is 23.8 Å². The van der Waals surface area contributed by atoms with Crippen molar-refractivity contribution >= 4 is 5.91 Å². The SMILES string of the molecule is C[C@H](NC(=O)CN1CCOCC1)c1ccc2c(c1)OCCO2. The fraction of sp³-hybridized carbons (Fsp3) is 0.562. The molecule has 2 aliphatic heterocycles. The Hall–Kier alpha value is -1.79. The summed E-state index contributed by atoms with van der Waals surface area (Å²) in [5, 5.41) is 3.03. The molecule has 6 nitrogen and oxygen atoms in total. The van der Waals surface area contributed by atoms with Crippen LogP contribution in [0.25, 0.3) is 0 Å². The van der Waals surface area contributed by atoms with Gasteiger partial charge >= 0.3 is 0 Å². The van der Waals surface area contributed by atoms with Crippen molar-refractivity contribution in [3.8, 4) is 11.5 Å². The van der Waals surface area contributed by atoms with Crippen LogP contribution in [-0.4, -0.2) is 56.9 Å². The average Bonchev–Trinajstić information content (AvgIpc) is 2.55. The normalized spacial score (nSPS) is 19.5. The van der Waals surface area contributed by atoms with Gasteiger partial charge in [0.15, 0.2) is 11.5 Å². The Morgan fingerprint density at radius 1 is 1.18 bits per heavy atom. The molecule has 1 fully saturated rings. The maximum absolute atomic E-state index is 12.1. The zero-order chi connectivity index (χ0) is 15.4. The minimum absolute atomic E-state index is 0.0317. The number of amides is 1. The average molecular weight is 306 g/mol. The summed E-state index contributed by atoms with van der Waals surface area (Å²) in [5.74, 6) is 1.55. The van der Waals surface area contributed by atoms with Crippen molar-refractivity contribution < 1.29 is 19.0 Å². The van der Waals surface area contributed by atoms with Gasteiger partial charge in [0, 0.05) is 13.1 Å². The number of nitrogens with one attached hydrogen (secondary N) is 1. The largest absolute Gasteiger partial charge is 0.486 e. The number of rotatable bonds is 4. The molecule has 22 heavy (non-hydrogen) atoms. The van der Waals surface area contributed by atoms with Crippen LogP contribution >= 0.6 is 0 Å². The molecule has 2 heterocycles. The second kappa shape index (κ2) is 6.98. The van der Waals surface area contributed by atoms with Crippen LogP contribution in [0, 0.1) is 0 Å². The van der Waals surface area contributed by atoms with Gasteiger partial charge in [-0.05, 0) is 24.6 Å². The topological polar surface area (TPSA) is 60.0 Å². The minimum Gasteiger partial charge on any atom is -0.486 e. The number of carbonyl (C=O) groups excluding carboxylic acids is 1. The molecule has 1 aromatic carbocycles. The molecule has 2 aliphatic rings. The summed E-state index contributed by atoms with van der Waals surface area (Å²) in [5.41, 5.74) is 1.01. The van der Waals surface area contributed by atoms with Gasteiger partial charge in [-0.15, -0.1) is 0 Å². The predicted molar refractivity (Wildman–Crippen MR) is 81.2 cm³/mol. The van der Waals surface area contributed by atoms with Gasteiger partial charge in [-0.3, -0.25) is 9.69 Å². The van der Waals surface area contributed by atoms with E-state index in [2.05, 4.69) is 10.2 Å². The van der Waals surface area contributed by atoms with E-state index >= 15 is 0 Å². The number of hydrogen-bond acceptors (Lipinski definition) is 5. The molecule has 0 bridgehead atoms. The first kappa shape index (κ1) is 15.1. The van der Waals surface area contributed by atoms with Crippen LogP contribution in [0.4, 0.5) is 0 Å². The van der Waals surface area contributed by atoms with Crippen LogP contribution in [0.15, 0.2) is 18.2 Å². The Balaban J connectivity index is 1.56. The highest BCUT2D eigenvalue weighted by Crippen LogP contribution is 2.32. The van der Waals surface area contributed by atoms with Crippen LogP contribution < -0.4 is 14.8 Å². The summed E-state index contributed by atoms with van der Waals surface area (Å²) >= 11 is 0. The number of benzene rings is 1. The molecule has 1 aromatic rings. The van der Waals surface area contributed by atoms with Gasteiger partial charge in [0.1, 0.15) is 13.2 Å². The number of morpholine rings is 1. The van der Waals surface area contributed by atoms with Crippen LogP contribution in [0.3, 0.4) is 0 Å². The Labute approximate surface area is 130 Å². The molecule has 0 saturated carbocycles. The van der Waals surface area contributed by atoms with Crippen LogP contribution in [0.1, 0.15) is 18.5 Å². The van der Waals surface area contributed by atoms with Gasteiger partial charge < -0.3 is 19.5 Å². The monoisotopic (exact) mass is 306 g/mol. The lowest BCUT2D eigenvalue weighted by atomic mass is 10.1. The highest BCUT2D eigenvalue weighted by atomic mass is 16.6. The van der Waals surface area contributed by atoms with Crippen LogP contribution in [0.2, 0.25) is 0 Å². The standard InChI is InChI=1S/C16H22N2O4/c1-12(17-16(19)11-18-4-6-20-7-5-18)13-2-3-14-15(10-13)22-9-8-21-14/h2-3,10,12H,4-9,11H2,1H3,(H,17,19)/t12-/m0/s1. The first-order valence-electron chi connectivity index (χ1n) is 7.71. The molecular formula is C16H22N2O4. The van der Waals surface area contributed by atoms with Crippen molar-refractivity contribution in [3.63, 3.8) is 0 Å². The van der Waals surface area contributed by atoms with E-state index in [-0.39, 0.29) is 11.9 Å². The summed E-state index contributed by atoms with van der Waals surface area (Å²) in [6.07, 6.45) is 0. The summed E-state index contributed by atoms with van der Waals surface area (Å²) in [7, 11) is 0. The van der Waals surface area contributed by atoms with E-state index in [1.165, 1.54) is 0 Å². The van der Waals surface area contributed by atoms with E-state index in [9.17, 15) is 4.79 Å². The van der Waals surface area contributed by atoms with Gasteiger partial charge in [-0.1, -0.05) is 6.07 Å². The van der Waals surface area contributed by atoms with Crippen molar-refractivity contribution in [2.24, 2.45) is 0 Å². The third-order valence-corrected chi connectivity index (χ3v) is 3.91. The van der Waals surface area contributed by atoms with Crippen molar-refractivity contribution in [2.45, 2.75) is 13.0 Å². The molecule has 1 saturated heterocycles. The van der Waals surface area contributed by atoms with E-state index in [0.29, 0.717) is 33.0 Å². The number of ether oxygens (including phenoxy) is 3. The first-order chi connectivity index (χ1) is 10.7. The maximum Gasteiger partial charge on any atom is 0.234 e. The number of fused-ring (bicyclic) bond motifs is 1. The molecule has 120 valence electrons. The molecule has 0 aromatic heterocycles. The predicted octanol–water partition coefficient (Wildman–Crippen LogP) is 0.967. The maximum atomic E-state index is 12.1. The molecule has 1 atom stereocenters. The third kappa shape index (κ3) is 3.69. The van der Waals surface area contributed by atoms with Gasteiger partial charge in [-0.2, -0.15) is 0 Å². The fourth-order valence-electron chi connectivity index (χ4n) is 2.66. The summed E-state index contributed by atoms with van der Waals surface area (Å²) < 4.78 is 16.4. The zero-order valence-corrected chi connectivity index (χ0v) is 12.8. The molecule has 0 aliphatic carbocycles. The summed E-state index contributed by atoms with van der Waals surface area (Å²) in [4.78, 5) is 14.2. The lowest BCUT2D eigenvalue weighted by Gasteiger charge is -2.26. The Kier molecular flexibility index (Phi) is 4.80. The lowest BCUT2D eigenvalue weighted by Crippen LogP contribution is -2.43. The molecule has 0 spiro atoms. The second-order valence-electron chi connectivity index (χ2n) is 5.58. The molecule has 1 amide bonds. The Morgan fingerprint density at radius 3 is 2.68 bits per heavy atom. The van der Waals surface area contributed by atoms with Gasteiger partial charge in [0.05, 0.1) is 25.8 Å². The molecule has 0 unspecified atom stereocenters. The highest BCUT2D eigenvalue weighted by molar-refractivity contribution is 5.78. The zero-order valence-electron chi connectivity index (χ0n) is 12.8. The van der Waals surface area contributed by atoms with E-state index in [0.717, 1.165) is 30.2 Å². The van der Waals surface area contributed by atoms with Gasteiger partial charge in [0.2, 0.25) is 5.91 Å². The Bertz CT molecular complexity index is 529. The molecule has 1 N–H and O–H groups in total. The van der Waals surface area contributed by atoms with Crippen molar-refractivity contribution in [2.75, 3.05) is 46.1 Å². The Morgan fingerprint density at radius 2 is 1.91 bits per heavy atom. The van der Waals surface area contributed by atoms with Crippen LogP contribution in [-0.2, 0) is 9.53 Å². The molecule has 6 heteroatoms. The molecule has 3 rings (SSSR count). The van der Waals surface area contributed by atoms with Gasteiger partial charge in [0.25, 0.3) is 0 Å². The van der Waals surface area contributed by atoms with E-state index in [1.807, 2.05) is 25.1 Å². The van der Waals surface area contributed by atoms with E-state index in [1.54, 1.807) is 0 Å². The van der Waals surface area contributed by atoms with Crippen molar-refractivity contribution in [1.82, 2.24) is 10.2 Å². The quantitative estimate of drug-likeness (QED) is 0.898. The number of hydrogen-bond donors (Lipinski definition) is 1. The number of carbonyl (C=O) groups is 1. The highest BCUT2D eigenvalue weighted by Gasteiger charge is 2.18. The minimum atomic E-state index is -0.0654. The summed E-state index contributed by atoms with van der Waals surface area (Å²) in [6, 6.07) is 5.74. The van der Waals surface area contributed by atoms with Gasteiger partial charge in [-0.25, -0.2) is 0 Å². The summed E-state index contributed by atoms with van der Waals surface area (Å²) in [6.45, 7) is 6.56. The second-order valence-corrected chi connectivity index (χ2v) is 5.58. The number of nitrogens with zero attached hydrogens (tertiary/aromatic N) is 1. The van der Waals surface area contributed by atoms with Crippen molar-refractivity contribution in [1.29, 1.82) is 0 Å². The van der Waals surface area contributed by atoms with Crippen LogP contribution in [0.5, 0.6) is 11.5 Å². The molecule has 0 radical (unpaired) electrons. The third-order valence-electron chi connectivity index (χ3n) is 3.91.